The number of amides is 1. The van der Waals surface area contributed by atoms with Gasteiger partial charge in [0.2, 0.25) is 5.91 Å². The maximum absolute atomic E-state index is 13.0. The van der Waals surface area contributed by atoms with E-state index in [2.05, 4.69) is 0 Å². The van der Waals surface area contributed by atoms with Gasteiger partial charge in [0.25, 0.3) is 0 Å². The van der Waals surface area contributed by atoms with E-state index in [9.17, 15) is 14.7 Å². The van der Waals surface area contributed by atoms with Crippen LogP contribution < -0.4 is 10.4 Å². The Balaban J connectivity index is 1.29. The highest BCUT2D eigenvalue weighted by molar-refractivity contribution is 6.35. The summed E-state index contributed by atoms with van der Waals surface area (Å²) in [4.78, 5) is 27.9. The fourth-order valence-corrected chi connectivity index (χ4v) is 6.46. The number of carbonyl (C=O) groups is 1. The largest absolute Gasteiger partial charge is 0.488 e. The van der Waals surface area contributed by atoms with E-state index in [1.807, 2.05) is 36.9 Å². The van der Waals surface area contributed by atoms with Crippen LogP contribution in [-0.4, -0.2) is 34.6 Å². The van der Waals surface area contributed by atoms with Gasteiger partial charge in [0.05, 0.1) is 5.60 Å². The molecular weight excluding hydrogens is 525 g/mol. The van der Waals surface area contributed by atoms with E-state index < -0.39 is 11.2 Å². The van der Waals surface area contributed by atoms with Gasteiger partial charge >= 0.3 is 5.63 Å². The van der Waals surface area contributed by atoms with Gasteiger partial charge in [-0.1, -0.05) is 42.1 Å². The van der Waals surface area contributed by atoms with Crippen molar-refractivity contribution in [2.45, 2.75) is 71.0 Å². The number of carbonyl (C=O) groups excluding carboxylic acids is 1. The predicted molar refractivity (Wildman–Crippen MR) is 149 cm³/mol. The summed E-state index contributed by atoms with van der Waals surface area (Å²) in [5, 5.41) is 12.8. The highest BCUT2D eigenvalue weighted by Crippen LogP contribution is 2.40. The van der Waals surface area contributed by atoms with E-state index in [0.29, 0.717) is 52.9 Å². The van der Waals surface area contributed by atoms with Crippen molar-refractivity contribution in [2.75, 3.05) is 13.1 Å². The third-order valence-corrected chi connectivity index (χ3v) is 9.01. The minimum absolute atomic E-state index is 0.0253. The monoisotopic (exact) mass is 557 g/mol. The summed E-state index contributed by atoms with van der Waals surface area (Å²) >= 11 is 12.2. The molecule has 2 atom stereocenters. The van der Waals surface area contributed by atoms with E-state index >= 15 is 0 Å². The maximum atomic E-state index is 13.0. The summed E-state index contributed by atoms with van der Waals surface area (Å²) < 4.78 is 11.8. The number of piperidine rings is 1. The number of hydrogen-bond donors (Lipinski definition) is 1. The summed E-state index contributed by atoms with van der Waals surface area (Å²) in [6, 6.07) is 9.00. The third kappa shape index (κ3) is 5.31. The molecule has 38 heavy (non-hydrogen) atoms. The lowest BCUT2D eigenvalue weighted by Gasteiger charge is -2.47. The lowest BCUT2D eigenvalue weighted by Crippen LogP contribution is -2.54. The van der Waals surface area contributed by atoms with E-state index in [1.54, 1.807) is 12.1 Å². The van der Waals surface area contributed by atoms with Gasteiger partial charge in [-0.15, -0.1) is 0 Å². The lowest BCUT2D eigenvalue weighted by molar-refractivity contribution is -0.143. The Morgan fingerprint density at radius 2 is 1.97 bits per heavy atom. The van der Waals surface area contributed by atoms with Crippen molar-refractivity contribution in [2.24, 2.45) is 5.92 Å². The van der Waals surface area contributed by atoms with Crippen molar-refractivity contribution >= 4 is 40.1 Å². The van der Waals surface area contributed by atoms with Crippen molar-refractivity contribution < 1.29 is 19.1 Å². The van der Waals surface area contributed by atoms with Crippen LogP contribution in [0.3, 0.4) is 0 Å². The molecule has 2 fully saturated rings. The SMILES string of the molecule is Cc1c(CCC(=O)N2CC[C@@]3(O)CCCC[C@H]3C2)c(=O)oc2c(C)c(OCc3ccc(Cl)cc3Cl)ccc12. The topological polar surface area (TPSA) is 80.0 Å². The molecule has 0 radical (unpaired) electrons. The van der Waals surface area contributed by atoms with Gasteiger partial charge in [-0.05, 0) is 69.4 Å². The van der Waals surface area contributed by atoms with Crippen LogP contribution in [0.2, 0.25) is 10.0 Å². The standard InChI is InChI=1S/C30H33Cl2NO5/c1-18-23-8-10-26(37-17-20-6-7-22(31)15-25(20)32)19(2)28(23)38-29(35)24(18)9-11-27(34)33-14-13-30(36)12-4-3-5-21(30)16-33/h6-8,10,15,21,36H,3-5,9,11-14,16-17H2,1-2H3/t21-,30-/m0/s1. The van der Waals surface area contributed by atoms with E-state index in [1.165, 1.54) is 0 Å². The molecule has 1 aliphatic heterocycles. The Kier molecular flexibility index (Phi) is 7.77. The van der Waals surface area contributed by atoms with Crippen molar-refractivity contribution in [1.29, 1.82) is 0 Å². The first-order valence-electron chi connectivity index (χ1n) is 13.3. The number of nitrogens with zero attached hydrogens (tertiary/aromatic N) is 1. The third-order valence-electron chi connectivity index (χ3n) is 8.42. The summed E-state index contributed by atoms with van der Waals surface area (Å²) in [6.07, 6.45) is 5.15. The lowest BCUT2D eigenvalue weighted by atomic mass is 9.71. The van der Waals surface area contributed by atoms with Crippen molar-refractivity contribution in [3.63, 3.8) is 0 Å². The first-order valence-corrected chi connectivity index (χ1v) is 14.0. The highest BCUT2D eigenvalue weighted by Gasteiger charge is 2.43. The first-order chi connectivity index (χ1) is 18.2. The number of aliphatic hydroxyl groups is 1. The van der Waals surface area contributed by atoms with Gasteiger partial charge in [0, 0.05) is 57.6 Å². The highest BCUT2D eigenvalue weighted by atomic mass is 35.5. The van der Waals surface area contributed by atoms with Crippen LogP contribution in [-0.2, 0) is 17.8 Å². The fourth-order valence-electron chi connectivity index (χ4n) is 6.00. The Morgan fingerprint density at radius 1 is 1.16 bits per heavy atom. The van der Waals surface area contributed by atoms with Gasteiger partial charge in [-0.25, -0.2) is 4.79 Å². The van der Waals surface area contributed by atoms with Gasteiger partial charge in [-0.2, -0.15) is 0 Å². The number of hydrogen-bond acceptors (Lipinski definition) is 5. The maximum Gasteiger partial charge on any atom is 0.339 e. The van der Waals surface area contributed by atoms with Gasteiger partial charge in [0.15, 0.2) is 0 Å². The van der Waals surface area contributed by atoms with Crippen LogP contribution in [0.25, 0.3) is 11.0 Å². The Morgan fingerprint density at radius 3 is 2.76 bits per heavy atom. The number of rotatable bonds is 6. The average Bonchev–Trinajstić information content (AvgIpc) is 2.88. The molecule has 1 amide bonds. The molecule has 2 aromatic carbocycles. The molecule has 202 valence electrons. The fraction of sp³-hybridized carbons (Fsp3) is 0.467. The second kappa shape index (κ2) is 10.9. The zero-order valence-electron chi connectivity index (χ0n) is 21.8. The molecule has 1 saturated carbocycles. The van der Waals surface area contributed by atoms with E-state index in [0.717, 1.165) is 47.8 Å². The van der Waals surface area contributed by atoms with Crippen LogP contribution in [0, 0.1) is 19.8 Å². The van der Waals surface area contributed by atoms with Crippen LogP contribution >= 0.6 is 23.2 Å². The molecule has 5 rings (SSSR count). The molecule has 1 aliphatic carbocycles. The molecule has 1 saturated heterocycles. The second-order valence-electron chi connectivity index (χ2n) is 10.7. The van der Waals surface area contributed by atoms with Crippen molar-refractivity contribution in [3.05, 3.63) is 73.1 Å². The number of halogens is 2. The zero-order chi connectivity index (χ0) is 27.0. The molecule has 6 nitrogen and oxygen atoms in total. The number of fused-ring (bicyclic) bond motifs is 2. The predicted octanol–water partition coefficient (Wildman–Crippen LogP) is 6.38. The second-order valence-corrected chi connectivity index (χ2v) is 11.6. The average molecular weight is 559 g/mol. The Bertz CT molecular complexity index is 1430. The molecular formula is C30H33Cl2NO5. The molecule has 0 bridgehead atoms. The molecule has 8 heteroatoms. The van der Waals surface area contributed by atoms with E-state index in [-0.39, 0.29) is 24.9 Å². The Hall–Kier alpha value is -2.54. The summed E-state index contributed by atoms with van der Waals surface area (Å²) in [5.74, 6) is 0.774. The normalized spacial score (nSPS) is 21.4. The molecule has 1 aromatic heterocycles. The Labute approximate surface area is 232 Å². The summed E-state index contributed by atoms with van der Waals surface area (Å²) in [6.45, 7) is 5.18. The molecule has 1 N–H and O–H groups in total. The van der Waals surface area contributed by atoms with Crippen LogP contribution in [0.1, 0.15) is 60.8 Å². The minimum atomic E-state index is -0.619. The van der Waals surface area contributed by atoms with Crippen molar-refractivity contribution in [3.8, 4) is 5.75 Å². The molecule has 0 unspecified atom stereocenters. The molecule has 0 spiro atoms. The summed E-state index contributed by atoms with van der Waals surface area (Å²) in [5.41, 5.74) is 2.31. The van der Waals surface area contributed by atoms with Gasteiger partial charge in [0.1, 0.15) is 17.9 Å². The van der Waals surface area contributed by atoms with Gasteiger partial charge < -0.3 is 19.2 Å². The zero-order valence-corrected chi connectivity index (χ0v) is 23.3. The van der Waals surface area contributed by atoms with Crippen LogP contribution in [0.5, 0.6) is 5.75 Å². The van der Waals surface area contributed by atoms with E-state index in [4.69, 9.17) is 32.4 Å². The number of benzene rings is 2. The molecule has 3 aromatic rings. The van der Waals surface area contributed by atoms with Crippen molar-refractivity contribution in [1.82, 2.24) is 4.90 Å². The minimum Gasteiger partial charge on any atom is -0.488 e. The quantitative estimate of drug-likeness (QED) is 0.355. The molecule has 2 aliphatic rings. The molecule has 2 heterocycles. The first kappa shape index (κ1) is 27.0. The number of ether oxygens (including phenoxy) is 1. The van der Waals surface area contributed by atoms with Crippen LogP contribution in [0.4, 0.5) is 0 Å². The number of likely N-dealkylation sites (tertiary alicyclic amines) is 1. The number of aryl methyl sites for hydroxylation is 2. The van der Waals surface area contributed by atoms with Crippen LogP contribution in [0.15, 0.2) is 39.5 Å². The van der Waals surface area contributed by atoms with Gasteiger partial charge in [-0.3, -0.25) is 4.79 Å². The smallest absolute Gasteiger partial charge is 0.339 e. The summed E-state index contributed by atoms with van der Waals surface area (Å²) in [7, 11) is 0.